The fourth-order valence-corrected chi connectivity index (χ4v) is 2.25. The van der Waals surface area contributed by atoms with Crippen molar-refractivity contribution in [2.24, 2.45) is 5.92 Å². The lowest BCUT2D eigenvalue weighted by Crippen LogP contribution is -2.38. The van der Waals surface area contributed by atoms with Crippen molar-refractivity contribution in [3.8, 4) is 0 Å². The Kier molecular flexibility index (Phi) is 7.59. The smallest absolute Gasteiger partial charge is 0.307 e. The van der Waals surface area contributed by atoms with Gasteiger partial charge in [-0.3, -0.25) is 9.59 Å². The summed E-state index contributed by atoms with van der Waals surface area (Å²) in [6.45, 7) is 5.99. The van der Waals surface area contributed by atoms with Crippen LogP contribution in [0.3, 0.4) is 0 Å². The second kappa shape index (κ2) is 8.95. The molecular weight excluding hydrogens is 258 g/mol. The summed E-state index contributed by atoms with van der Waals surface area (Å²) in [4.78, 5) is 25.3. The van der Waals surface area contributed by atoms with Crippen LogP contribution in [0.2, 0.25) is 0 Å². The summed E-state index contributed by atoms with van der Waals surface area (Å²) in [5.74, 6) is 0.334. The van der Waals surface area contributed by atoms with Crippen molar-refractivity contribution in [3.63, 3.8) is 0 Å². The molecule has 5 heteroatoms. The number of ether oxygens (including phenoxy) is 2. The second-order valence-corrected chi connectivity index (χ2v) is 5.73. The van der Waals surface area contributed by atoms with E-state index in [2.05, 4.69) is 18.6 Å². The molecule has 0 aromatic carbocycles. The molecule has 0 aromatic rings. The number of nitrogens with zero attached hydrogens (tertiary/aromatic N) is 1. The van der Waals surface area contributed by atoms with Gasteiger partial charge in [0.25, 0.3) is 0 Å². The molecule has 5 nitrogen and oxygen atoms in total. The van der Waals surface area contributed by atoms with Gasteiger partial charge in [-0.05, 0) is 25.2 Å². The topological polar surface area (TPSA) is 55.8 Å². The van der Waals surface area contributed by atoms with E-state index in [4.69, 9.17) is 4.74 Å². The van der Waals surface area contributed by atoms with Gasteiger partial charge >= 0.3 is 5.97 Å². The van der Waals surface area contributed by atoms with E-state index >= 15 is 0 Å². The third-order valence-corrected chi connectivity index (χ3v) is 3.55. The third kappa shape index (κ3) is 6.37. The molecule has 1 aliphatic rings. The van der Waals surface area contributed by atoms with Crippen molar-refractivity contribution in [3.05, 3.63) is 0 Å². The lowest BCUT2D eigenvalue weighted by atomic mass is 10.1. The fourth-order valence-electron chi connectivity index (χ4n) is 2.25. The first-order valence-corrected chi connectivity index (χ1v) is 7.49. The number of hydrogen-bond donors (Lipinski definition) is 0. The molecule has 1 saturated heterocycles. The summed E-state index contributed by atoms with van der Waals surface area (Å²) < 4.78 is 10.2. The maximum absolute atomic E-state index is 12.3. The largest absolute Gasteiger partial charge is 0.469 e. The number of methoxy groups -OCH3 is 1. The maximum Gasteiger partial charge on any atom is 0.307 e. The Morgan fingerprint density at radius 2 is 2.10 bits per heavy atom. The van der Waals surface area contributed by atoms with Crippen LogP contribution in [0.15, 0.2) is 0 Å². The van der Waals surface area contributed by atoms with E-state index in [0.717, 1.165) is 25.9 Å². The van der Waals surface area contributed by atoms with Gasteiger partial charge in [-0.25, -0.2) is 0 Å². The number of esters is 1. The summed E-state index contributed by atoms with van der Waals surface area (Å²) >= 11 is 0. The molecule has 0 unspecified atom stereocenters. The first-order chi connectivity index (χ1) is 9.52. The molecule has 1 aliphatic heterocycles. The van der Waals surface area contributed by atoms with E-state index in [-0.39, 0.29) is 24.4 Å². The monoisotopic (exact) mass is 285 g/mol. The molecule has 0 bridgehead atoms. The fraction of sp³-hybridized carbons (Fsp3) is 0.867. The Labute approximate surface area is 121 Å². The normalized spacial score (nSPS) is 18.3. The summed E-state index contributed by atoms with van der Waals surface area (Å²) in [6, 6.07) is 0. The Morgan fingerprint density at radius 3 is 2.65 bits per heavy atom. The first-order valence-electron chi connectivity index (χ1n) is 7.49. The Bertz CT molecular complexity index is 311. The van der Waals surface area contributed by atoms with Gasteiger partial charge in [0.2, 0.25) is 5.91 Å². The molecule has 0 aliphatic carbocycles. The highest BCUT2D eigenvalue weighted by atomic mass is 16.5. The lowest BCUT2D eigenvalue weighted by molar-refractivity contribution is -0.142. The number of amides is 1. The highest BCUT2D eigenvalue weighted by Crippen LogP contribution is 2.15. The standard InChI is InChI=1S/C15H27NO4/c1-12(2)6-7-14(17)16(9-8-15(18)19-3)11-13-5-4-10-20-13/h12-13H,4-11H2,1-3H3/t13-/m1/s1. The van der Waals surface area contributed by atoms with Gasteiger partial charge < -0.3 is 14.4 Å². The van der Waals surface area contributed by atoms with Crippen molar-refractivity contribution in [2.75, 3.05) is 26.8 Å². The van der Waals surface area contributed by atoms with E-state index in [0.29, 0.717) is 25.4 Å². The van der Waals surface area contributed by atoms with Gasteiger partial charge in [-0.1, -0.05) is 13.8 Å². The Morgan fingerprint density at radius 1 is 1.35 bits per heavy atom. The van der Waals surface area contributed by atoms with Crippen molar-refractivity contribution >= 4 is 11.9 Å². The number of rotatable bonds is 8. The zero-order valence-electron chi connectivity index (χ0n) is 12.9. The van der Waals surface area contributed by atoms with Crippen LogP contribution >= 0.6 is 0 Å². The molecule has 0 saturated carbocycles. The molecule has 1 rings (SSSR count). The molecule has 0 spiro atoms. The molecular formula is C15H27NO4. The molecule has 1 fully saturated rings. The highest BCUT2D eigenvalue weighted by Gasteiger charge is 2.23. The predicted octanol–water partition coefficient (Wildman–Crippen LogP) is 1.99. The van der Waals surface area contributed by atoms with E-state index < -0.39 is 0 Å². The predicted molar refractivity (Wildman–Crippen MR) is 76.3 cm³/mol. The van der Waals surface area contributed by atoms with Gasteiger partial charge in [-0.2, -0.15) is 0 Å². The van der Waals surface area contributed by atoms with Gasteiger partial charge in [0.1, 0.15) is 0 Å². The van der Waals surface area contributed by atoms with Crippen molar-refractivity contribution in [1.29, 1.82) is 0 Å². The zero-order chi connectivity index (χ0) is 15.0. The lowest BCUT2D eigenvalue weighted by Gasteiger charge is -2.25. The molecule has 1 heterocycles. The summed E-state index contributed by atoms with van der Waals surface area (Å²) in [7, 11) is 1.37. The first kappa shape index (κ1) is 17.0. The minimum Gasteiger partial charge on any atom is -0.469 e. The van der Waals surface area contributed by atoms with E-state index in [1.54, 1.807) is 4.90 Å². The Hall–Kier alpha value is -1.10. The minimum absolute atomic E-state index is 0.109. The van der Waals surface area contributed by atoms with Gasteiger partial charge in [0.05, 0.1) is 19.6 Å². The molecule has 0 N–H and O–H groups in total. The van der Waals surface area contributed by atoms with Crippen LogP contribution in [0.25, 0.3) is 0 Å². The molecule has 1 amide bonds. The number of carbonyl (C=O) groups excluding carboxylic acids is 2. The number of hydrogen-bond acceptors (Lipinski definition) is 4. The van der Waals surface area contributed by atoms with Crippen LogP contribution in [0.4, 0.5) is 0 Å². The van der Waals surface area contributed by atoms with E-state index in [1.807, 2.05) is 0 Å². The third-order valence-electron chi connectivity index (χ3n) is 3.55. The van der Waals surface area contributed by atoms with E-state index in [1.165, 1.54) is 7.11 Å². The van der Waals surface area contributed by atoms with Crippen molar-refractivity contribution < 1.29 is 19.1 Å². The van der Waals surface area contributed by atoms with Gasteiger partial charge in [0, 0.05) is 26.1 Å². The van der Waals surface area contributed by atoms with Crippen LogP contribution < -0.4 is 0 Å². The van der Waals surface area contributed by atoms with Crippen LogP contribution in [0.5, 0.6) is 0 Å². The van der Waals surface area contributed by atoms with Crippen LogP contribution in [0.1, 0.15) is 46.0 Å². The van der Waals surface area contributed by atoms with Crippen molar-refractivity contribution in [1.82, 2.24) is 4.90 Å². The van der Waals surface area contributed by atoms with Crippen LogP contribution in [-0.2, 0) is 19.1 Å². The van der Waals surface area contributed by atoms with Gasteiger partial charge in [-0.15, -0.1) is 0 Å². The van der Waals surface area contributed by atoms with Crippen LogP contribution in [-0.4, -0.2) is 49.7 Å². The Balaban J connectivity index is 2.47. The molecule has 0 aromatic heterocycles. The molecule has 116 valence electrons. The maximum atomic E-state index is 12.3. The van der Waals surface area contributed by atoms with Gasteiger partial charge in [0.15, 0.2) is 0 Å². The van der Waals surface area contributed by atoms with Crippen LogP contribution in [0, 0.1) is 5.92 Å². The van der Waals surface area contributed by atoms with Crippen molar-refractivity contribution in [2.45, 2.75) is 52.1 Å². The SMILES string of the molecule is COC(=O)CCN(C[C@H]1CCCO1)C(=O)CCC(C)C. The summed E-state index contributed by atoms with van der Waals surface area (Å²) in [5, 5.41) is 0. The molecule has 0 radical (unpaired) electrons. The highest BCUT2D eigenvalue weighted by molar-refractivity contribution is 5.77. The average molecular weight is 285 g/mol. The second-order valence-electron chi connectivity index (χ2n) is 5.73. The summed E-state index contributed by atoms with van der Waals surface area (Å²) in [5.41, 5.74) is 0. The quantitative estimate of drug-likeness (QED) is 0.640. The zero-order valence-corrected chi connectivity index (χ0v) is 12.9. The average Bonchev–Trinajstić information content (AvgIpc) is 2.93. The van der Waals surface area contributed by atoms with E-state index in [9.17, 15) is 9.59 Å². The molecule has 1 atom stereocenters. The summed E-state index contributed by atoms with van der Waals surface area (Å²) in [6.07, 6.45) is 3.82. The minimum atomic E-state index is -0.279. The number of carbonyl (C=O) groups is 2. The molecule has 20 heavy (non-hydrogen) atoms.